The summed E-state index contributed by atoms with van der Waals surface area (Å²) in [7, 11) is 1.62. The van der Waals surface area contributed by atoms with Crippen molar-refractivity contribution in [3.8, 4) is 11.4 Å². The van der Waals surface area contributed by atoms with E-state index in [-0.39, 0.29) is 17.8 Å². The fraction of sp³-hybridized carbons (Fsp3) is 0.207. The molecule has 9 heteroatoms. The quantitative estimate of drug-likeness (QED) is 0.383. The number of carbonyl (C=O) groups is 1. The number of ether oxygens (including phenoxy) is 1. The zero-order valence-electron chi connectivity index (χ0n) is 21.2. The van der Waals surface area contributed by atoms with Crippen molar-refractivity contribution in [2.75, 3.05) is 24.3 Å². The fourth-order valence-corrected chi connectivity index (χ4v) is 4.44. The molecule has 0 saturated carbocycles. The number of hydrogen-bond donors (Lipinski definition) is 2. The van der Waals surface area contributed by atoms with E-state index in [1.165, 1.54) is 15.5 Å². The maximum atomic E-state index is 14.2. The molecule has 0 bridgehead atoms. The SMILES string of the molecule is COc1ccc(CNc2nc3c(c(=O)n2-c2ccccc2)CN(C(=O)Nc2cc(C)ccc2F)CC3)cc1. The monoisotopic (exact) mass is 513 g/mol. The van der Waals surface area contributed by atoms with E-state index in [0.717, 1.165) is 16.9 Å². The van der Waals surface area contributed by atoms with Gasteiger partial charge < -0.3 is 20.3 Å². The Balaban J connectivity index is 1.44. The van der Waals surface area contributed by atoms with Crippen molar-refractivity contribution in [2.24, 2.45) is 0 Å². The average Bonchev–Trinajstić information content (AvgIpc) is 2.94. The molecular formula is C29H28FN5O3. The van der Waals surface area contributed by atoms with Crippen LogP contribution in [-0.2, 0) is 19.5 Å². The lowest BCUT2D eigenvalue weighted by Gasteiger charge is -2.29. The van der Waals surface area contributed by atoms with Crippen LogP contribution in [0, 0.1) is 12.7 Å². The number of para-hydroxylation sites is 1. The molecule has 0 aliphatic carbocycles. The zero-order chi connectivity index (χ0) is 26.6. The van der Waals surface area contributed by atoms with E-state index < -0.39 is 11.8 Å². The van der Waals surface area contributed by atoms with E-state index >= 15 is 0 Å². The molecule has 0 atom stereocenters. The Kier molecular flexibility index (Phi) is 7.08. The summed E-state index contributed by atoms with van der Waals surface area (Å²) in [5.74, 6) is 0.679. The Bertz CT molecular complexity index is 1520. The van der Waals surface area contributed by atoms with Gasteiger partial charge in [0.1, 0.15) is 11.6 Å². The molecule has 194 valence electrons. The van der Waals surface area contributed by atoms with E-state index in [0.29, 0.717) is 42.4 Å². The third-order valence-corrected chi connectivity index (χ3v) is 6.50. The first-order chi connectivity index (χ1) is 18.4. The maximum Gasteiger partial charge on any atom is 0.322 e. The number of methoxy groups -OCH3 is 1. The number of anilines is 2. The summed E-state index contributed by atoms with van der Waals surface area (Å²) in [6, 6.07) is 21.0. The average molecular weight is 514 g/mol. The highest BCUT2D eigenvalue weighted by Gasteiger charge is 2.27. The van der Waals surface area contributed by atoms with Gasteiger partial charge in [-0.3, -0.25) is 4.79 Å². The first-order valence-corrected chi connectivity index (χ1v) is 12.3. The number of aryl methyl sites for hydroxylation is 1. The Hall–Kier alpha value is -4.66. The number of halogens is 1. The number of benzene rings is 3. The van der Waals surface area contributed by atoms with Crippen LogP contribution in [0.2, 0.25) is 0 Å². The van der Waals surface area contributed by atoms with Crippen LogP contribution in [0.5, 0.6) is 5.75 Å². The van der Waals surface area contributed by atoms with E-state index in [9.17, 15) is 14.0 Å². The van der Waals surface area contributed by atoms with Crippen LogP contribution < -0.4 is 20.9 Å². The number of urea groups is 1. The van der Waals surface area contributed by atoms with Gasteiger partial charge in [0.15, 0.2) is 0 Å². The largest absolute Gasteiger partial charge is 0.497 e. The standard InChI is InChI=1S/C29H28FN5O3/c1-19-8-13-24(30)26(16-19)33-29(37)34-15-14-25-23(18-34)27(36)35(21-6-4-3-5-7-21)28(32-25)31-17-20-9-11-22(38-2)12-10-20/h3-13,16H,14-15,17-18H2,1-2H3,(H,31,32)(H,33,37). The molecule has 1 aliphatic heterocycles. The number of nitrogens with one attached hydrogen (secondary N) is 2. The van der Waals surface area contributed by atoms with Crippen LogP contribution in [0.3, 0.4) is 0 Å². The van der Waals surface area contributed by atoms with Crippen molar-refractivity contribution in [1.82, 2.24) is 14.5 Å². The highest BCUT2D eigenvalue weighted by molar-refractivity contribution is 5.89. The van der Waals surface area contributed by atoms with Gasteiger partial charge in [-0.1, -0.05) is 36.4 Å². The van der Waals surface area contributed by atoms with E-state index in [1.54, 1.807) is 19.2 Å². The summed E-state index contributed by atoms with van der Waals surface area (Å²) < 4.78 is 21.0. The summed E-state index contributed by atoms with van der Waals surface area (Å²) in [6.07, 6.45) is 0.404. The normalized spacial score (nSPS) is 12.6. The van der Waals surface area contributed by atoms with Gasteiger partial charge >= 0.3 is 6.03 Å². The first kappa shape index (κ1) is 25.0. The molecule has 5 rings (SSSR count). The molecule has 1 aromatic heterocycles. The molecule has 2 amide bonds. The highest BCUT2D eigenvalue weighted by atomic mass is 19.1. The van der Waals surface area contributed by atoms with Gasteiger partial charge in [0.25, 0.3) is 5.56 Å². The minimum atomic E-state index is -0.512. The molecular weight excluding hydrogens is 485 g/mol. The summed E-state index contributed by atoms with van der Waals surface area (Å²) >= 11 is 0. The summed E-state index contributed by atoms with van der Waals surface area (Å²) in [4.78, 5) is 33.1. The van der Waals surface area contributed by atoms with Gasteiger partial charge in [-0.05, 0) is 54.4 Å². The number of nitrogens with zero attached hydrogens (tertiary/aromatic N) is 3. The molecule has 0 unspecified atom stereocenters. The van der Waals surface area contributed by atoms with Crippen molar-refractivity contribution >= 4 is 17.7 Å². The van der Waals surface area contributed by atoms with Gasteiger partial charge in [-0.25, -0.2) is 18.7 Å². The van der Waals surface area contributed by atoms with Gasteiger partial charge in [0.2, 0.25) is 5.95 Å². The lowest BCUT2D eigenvalue weighted by Crippen LogP contribution is -2.43. The molecule has 8 nitrogen and oxygen atoms in total. The Labute approximate surface area is 219 Å². The number of aromatic nitrogens is 2. The van der Waals surface area contributed by atoms with Gasteiger partial charge in [0.05, 0.1) is 36.3 Å². The van der Waals surface area contributed by atoms with Crippen LogP contribution in [-0.4, -0.2) is 34.1 Å². The lowest BCUT2D eigenvalue weighted by molar-refractivity contribution is 0.205. The lowest BCUT2D eigenvalue weighted by atomic mass is 10.1. The molecule has 2 heterocycles. The predicted octanol–water partition coefficient (Wildman–Crippen LogP) is 4.89. The van der Waals surface area contributed by atoms with Crippen LogP contribution in [0.15, 0.2) is 77.6 Å². The topological polar surface area (TPSA) is 88.5 Å². The maximum absolute atomic E-state index is 14.2. The highest BCUT2D eigenvalue weighted by Crippen LogP contribution is 2.22. The van der Waals surface area contributed by atoms with Crippen molar-refractivity contribution < 1.29 is 13.9 Å². The first-order valence-electron chi connectivity index (χ1n) is 12.3. The second-order valence-electron chi connectivity index (χ2n) is 9.12. The number of rotatable bonds is 6. The summed E-state index contributed by atoms with van der Waals surface area (Å²) in [6.45, 7) is 2.71. The third kappa shape index (κ3) is 5.22. The van der Waals surface area contributed by atoms with Crippen LogP contribution in [0.25, 0.3) is 5.69 Å². The molecule has 38 heavy (non-hydrogen) atoms. The summed E-state index contributed by atoms with van der Waals surface area (Å²) in [5, 5.41) is 5.95. The van der Waals surface area contributed by atoms with Crippen LogP contribution >= 0.6 is 0 Å². The predicted molar refractivity (Wildman–Crippen MR) is 144 cm³/mol. The number of carbonyl (C=O) groups excluding carboxylic acids is 1. The molecule has 0 spiro atoms. The van der Waals surface area contributed by atoms with Gasteiger partial charge in [0, 0.05) is 19.5 Å². The molecule has 3 aromatic carbocycles. The van der Waals surface area contributed by atoms with Gasteiger partial charge in [-0.2, -0.15) is 0 Å². The fourth-order valence-electron chi connectivity index (χ4n) is 4.44. The zero-order valence-corrected chi connectivity index (χ0v) is 21.2. The van der Waals surface area contributed by atoms with Gasteiger partial charge in [-0.15, -0.1) is 0 Å². The van der Waals surface area contributed by atoms with E-state index in [4.69, 9.17) is 9.72 Å². The summed E-state index contributed by atoms with van der Waals surface area (Å²) in [5.41, 5.74) is 3.43. The Morgan fingerprint density at radius 2 is 1.84 bits per heavy atom. The minimum Gasteiger partial charge on any atom is -0.497 e. The molecule has 2 N–H and O–H groups in total. The third-order valence-electron chi connectivity index (χ3n) is 6.50. The molecule has 4 aromatic rings. The Morgan fingerprint density at radius 3 is 2.58 bits per heavy atom. The van der Waals surface area contributed by atoms with Crippen molar-refractivity contribution in [1.29, 1.82) is 0 Å². The smallest absolute Gasteiger partial charge is 0.322 e. The minimum absolute atomic E-state index is 0.0754. The molecule has 0 radical (unpaired) electrons. The molecule has 1 aliphatic rings. The molecule has 0 saturated heterocycles. The second kappa shape index (κ2) is 10.8. The van der Waals surface area contributed by atoms with Crippen molar-refractivity contribution in [3.05, 3.63) is 111 Å². The van der Waals surface area contributed by atoms with Crippen LogP contribution in [0.1, 0.15) is 22.4 Å². The molecule has 0 fully saturated rings. The second-order valence-corrected chi connectivity index (χ2v) is 9.12. The van der Waals surface area contributed by atoms with Crippen LogP contribution in [0.4, 0.5) is 20.8 Å². The Morgan fingerprint density at radius 1 is 1.08 bits per heavy atom. The van der Waals surface area contributed by atoms with Crippen molar-refractivity contribution in [2.45, 2.75) is 26.4 Å². The number of amides is 2. The van der Waals surface area contributed by atoms with E-state index in [1.807, 2.05) is 61.5 Å². The van der Waals surface area contributed by atoms with Crippen molar-refractivity contribution in [3.63, 3.8) is 0 Å². The number of hydrogen-bond acceptors (Lipinski definition) is 5. The van der Waals surface area contributed by atoms with E-state index in [2.05, 4.69) is 10.6 Å². The number of fused-ring (bicyclic) bond motifs is 1.